The van der Waals surface area contributed by atoms with Crippen LogP contribution in [0.1, 0.15) is 58.3 Å². The van der Waals surface area contributed by atoms with Gasteiger partial charge in [0.2, 0.25) is 0 Å². The predicted octanol–water partition coefficient (Wildman–Crippen LogP) is 4.72. The van der Waals surface area contributed by atoms with Gasteiger partial charge in [0.05, 0.1) is 0 Å². The molecule has 4 aliphatic rings. The van der Waals surface area contributed by atoms with Crippen molar-refractivity contribution < 1.29 is 22.6 Å². The number of fused-ring (bicyclic) bond motifs is 3. The molecule has 0 N–H and O–H groups in total. The van der Waals surface area contributed by atoms with Gasteiger partial charge in [-0.25, -0.2) is 13.2 Å². The minimum atomic E-state index is -3.29. The molecule has 5 heteroatoms. The summed E-state index contributed by atoms with van der Waals surface area (Å²) in [5.41, 5.74) is -2.49. The van der Waals surface area contributed by atoms with E-state index in [1.807, 2.05) is 0 Å². The molecule has 0 amide bonds. The van der Waals surface area contributed by atoms with Crippen LogP contribution >= 0.6 is 0 Å². The monoisotopic (exact) mass is 320 g/mol. The molecule has 0 spiro atoms. The van der Waals surface area contributed by atoms with Gasteiger partial charge in [0.15, 0.2) is 6.17 Å². The van der Waals surface area contributed by atoms with E-state index >= 15 is 8.78 Å². The van der Waals surface area contributed by atoms with E-state index in [4.69, 9.17) is 9.47 Å². The lowest BCUT2D eigenvalue weighted by atomic mass is 9.49. The number of hydrogen-bond acceptors (Lipinski definition) is 2. The van der Waals surface area contributed by atoms with Crippen LogP contribution in [0.5, 0.6) is 0 Å². The normalized spacial score (nSPS) is 47.6. The molecule has 2 nitrogen and oxygen atoms in total. The van der Waals surface area contributed by atoms with Gasteiger partial charge >= 0.3 is 0 Å². The Morgan fingerprint density at radius 3 is 2.14 bits per heavy atom. The maximum atomic E-state index is 15.0. The molecule has 1 unspecified atom stereocenters. The first-order valence-corrected chi connectivity index (χ1v) is 8.53. The molecular weight excluding hydrogens is 293 g/mol. The van der Waals surface area contributed by atoms with E-state index in [9.17, 15) is 4.39 Å². The van der Waals surface area contributed by atoms with Crippen LogP contribution < -0.4 is 0 Å². The van der Waals surface area contributed by atoms with Crippen LogP contribution in [0.25, 0.3) is 0 Å². The zero-order valence-corrected chi connectivity index (χ0v) is 13.5. The summed E-state index contributed by atoms with van der Waals surface area (Å²) in [5.74, 6) is -2.72. The van der Waals surface area contributed by atoms with E-state index < -0.39 is 23.1 Å². The zero-order chi connectivity index (χ0) is 16.0. The number of ether oxygens (including phenoxy) is 2. The summed E-state index contributed by atoms with van der Waals surface area (Å²) in [7, 11) is 1.43. The molecule has 4 rings (SSSR count). The largest absolute Gasteiger partial charge is 0.359 e. The molecular formula is C17H27F3O2. The number of hydrogen-bond donors (Lipinski definition) is 0. The molecule has 128 valence electrons. The van der Waals surface area contributed by atoms with Gasteiger partial charge in [0.25, 0.3) is 5.92 Å². The van der Waals surface area contributed by atoms with Crippen LogP contribution in [-0.2, 0) is 9.47 Å². The van der Waals surface area contributed by atoms with Gasteiger partial charge in [-0.15, -0.1) is 0 Å². The minimum Gasteiger partial charge on any atom is -0.359 e. The highest BCUT2D eigenvalue weighted by Gasteiger charge is 2.74. The number of halogens is 3. The van der Waals surface area contributed by atoms with Crippen molar-refractivity contribution in [3.05, 3.63) is 0 Å². The van der Waals surface area contributed by atoms with Crippen molar-refractivity contribution in [1.82, 2.24) is 0 Å². The average Bonchev–Trinajstić information content (AvgIpc) is 2.52. The molecule has 0 aromatic carbocycles. The van der Waals surface area contributed by atoms with Crippen LogP contribution in [0.4, 0.5) is 13.2 Å². The Kier molecular flexibility index (Phi) is 4.26. The van der Waals surface area contributed by atoms with Crippen LogP contribution in [0.15, 0.2) is 0 Å². The Morgan fingerprint density at radius 2 is 1.59 bits per heavy atom. The summed E-state index contributed by atoms with van der Waals surface area (Å²) in [5, 5.41) is 0. The fourth-order valence-corrected chi connectivity index (χ4v) is 5.18. The van der Waals surface area contributed by atoms with Crippen molar-refractivity contribution in [2.75, 3.05) is 13.9 Å². The fraction of sp³-hybridized carbons (Fsp3) is 1.00. The second kappa shape index (κ2) is 5.66. The third kappa shape index (κ3) is 2.22. The molecule has 0 aromatic heterocycles. The molecule has 22 heavy (non-hydrogen) atoms. The predicted molar refractivity (Wildman–Crippen MR) is 77.6 cm³/mol. The average molecular weight is 320 g/mol. The van der Waals surface area contributed by atoms with Crippen molar-refractivity contribution in [1.29, 1.82) is 0 Å². The molecule has 4 aliphatic carbocycles. The van der Waals surface area contributed by atoms with Crippen molar-refractivity contribution in [3.8, 4) is 0 Å². The smallest absolute Gasteiger partial charge is 0.287 e. The summed E-state index contributed by atoms with van der Waals surface area (Å²) in [4.78, 5) is 0. The van der Waals surface area contributed by atoms with Crippen LogP contribution in [0.2, 0.25) is 0 Å². The van der Waals surface area contributed by atoms with Gasteiger partial charge in [-0.05, 0) is 50.4 Å². The zero-order valence-electron chi connectivity index (χ0n) is 13.5. The summed E-state index contributed by atoms with van der Waals surface area (Å²) >= 11 is 0. The van der Waals surface area contributed by atoms with E-state index in [0.717, 1.165) is 25.7 Å². The first-order chi connectivity index (χ1) is 10.4. The Hall–Kier alpha value is -0.290. The standard InChI is InChI=1S/C17H27F3O2/c1-12-3-5-13(6-4-12)15-7-9-16(10-8-15,22-11-21-2)14(18)17(15,19)20/h12-14H,3-11H2,1-2H3. The Balaban J connectivity index is 1.83. The maximum Gasteiger partial charge on any atom is 0.287 e. The topological polar surface area (TPSA) is 18.5 Å². The van der Waals surface area contributed by atoms with Gasteiger partial charge in [0.1, 0.15) is 12.4 Å². The highest BCUT2D eigenvalue weighted by molar-refractivity contribution is 5.17. The molecule has 4 saturated carbocycles. The minimum absolute atomic E-state index is 0.0438. The van der Waals surface area contributed by atoms with Crippen LogP contribution in [0.3, 0.4) is 0 Å². The Bertz CT molecular complexity index is 397. The molecule has 4 fully saturated rings. The fourth-order valence-electron chi connectivity index (χ4n) is 5.18. The summed E-state index contributed by atoms with van der Waals surface area (Å²) < 4.78 is 55.0. The van der Waals surface area contributed by atoms with Gasteiger partial charge in [-0.1, -0.05) is 19.8 Å². The molecule has 0 aliphatic heterocycles. The lowest BCUT2D eigenvalue weighted by Gasteiger charge is -2.61. The van der Waals surface area contributed by atoms with E-state index in [-0.39, 0.29) is 12.7 Å². The van der Waals surface area contributed by atoms with Crippen LogP contribution in [0, 0.1) is 17.3 Å². The quantitative estimate of drug-likeness (QED) is 0.698. The van der Waals surface area contributed by atoms with E-state index in [2.05, 4.69) is 6.92 Å². The highest BCUT2D eigenvalue weighted by atomic mass is 19.3. The van der Waals surface area contributed by atoms with Crippen molar-refractivity contribution in [2.24, 2.45) is 17.3 Å². The summed E-state index contributed by atoms with van der Waals surface area (Å²) in [6.07, 6.45) is 2.93. The summed E-state index contributed by atoms with van der Waals surface area (Å²) in [6.45, 7) is 2.06. The second-order valence-electron chi connectivity index (χ2n) is 7.71. The number of alkyl halides is 3. The van der Waals surface area contributed by atoms with Gasteiger partial charge in [-0.3, -0.25) is 0 Å². The molecule has 0 aromatic rings. The molecule has 0 radical (unpaired) electrons. The first-order valence-electron chi connectivity index (χ1n) is 8.53. The van der Waals surface area contributed by atoms with Gasteiger partial charge < -0.3 is 9.47 Å². The molecule has 0 saturated heterocycles. The third-order valence-electron chi connectivity index (χ3n) is 6.69. The second-order valence-corrected chi connectivity index (χ2v) is 7.71. The van der Waals surface area contributed by atoms with Crippen molar-refractivity contribution in [3.63, 3.8) is 0 Å². The number of methoxy groups -OCH3 is 1. The Labute approximate surface area is 130 Å². The maximum absolute atomic E-state index is 15.0. The van der Waals surface area contributed by atoms with Crippen molar-refractivity contribution >= 4 is 0 Å². The van der Waals surface area contributed by atoms with Crippen LogP contribution in [-0.4, -0.2) is 31.6 Å². The van der Waals surface area contributed by atoms with E-state index in [1.54, 1.807) is 0 Å². The Morgan fingerprint density at radius 1 is 1.00 bits per heavy atom. The lowest BCUT2D eigenvalue weighted by Crippen LogP contribution is -2.69. The molecule has 1 atom stereocenters. The van der Waals surface area contributed by atoms with Gasteiger partial charge in [0, 0.05) is 12.5 Å². The van der Waals surface area contributed by atoms with E-state index in [1.165, 1.54) is 7.11 Å². The molecule has 2 bridgehead atoms. The van der Waals surface area contributed by atoms with E-state index in [0.29, 0.717) is 31.6 Å². The van der Waals surface area contributed by atoms with Crippen molar-refractivity contribution in [2.45, 2.75) is 76.0 Å². The SMILES string of the molecule is COCOC12CCC(C3CCC(C)CC3)(CC1)C(F)(F)C2F. The van der Waals surface area contributed by atoms with Gasteiger partial charge in [-0.2, -0.15) is 0 Å². The highest BCUT2D eigenvalue weighted by Crippen LogP contribution is 2.67. The first kappa shape index (κ1) is 16.6. The number of rotatable bonds is 4. The lowest BCUT2D eigenvalue weighted by molar-refractivity contribution is -0.326. The molecule has 0 heterocycles. The summed E-state index contributed by atoms with van der Waals surface area (Å²) in [6, 6.07) is 0. The third-order valence-corrected chi connectivity index (χ3v) is 6.69.